The Morgan fingerprint density at radius 3 is 2.30 bits per heavy atom. The fourth-order valence-electron chi connectivity index (χ4n) is 8.40. The lowest BCUT2D eigenvalue weighted by Gasteiger charge is -2.50. The molecule has 0 spiro atoms. The van der Waals surface area contributed by atoms with Crippen molar-refractivity contribution in [1.82, 2.24) is 9.91 Å². The summed E-state index contributed by atoms with van der Waals surface area (Å²) >= 11 is 12.6. The highest BCUT2D eigenvalue weighted by molar-refractivity contribution is 6.36. The molecule has 12 nitrogen and oxygen atoms in total. The molecular weight excluding hydrogens is 689 g/mol. The minimum Gasteiger partial charge on any atom is -0.508 e. The van der Waals surface area contributed by atoms with Crippen LogP contribution in [0.2, 0.25) is 10.0 Å². The number of halogens is 2. The van der Waals surface area contributed by atoms with Gasteiger partial charge < -0.3 is 19.3 Å². The predicted octanol–water partition coefficient (Wildman–Crippen LogP) is 5.47. The van der Waals surface area contributed by atoms with Crippen LogP contribution in [0.4, 0.5) is 10.5 Å². The van der Waals surface area contributed by atoms with Gasteiger partial charge in [-0.15, -0.1) is 0 Å². The lowest BCUT2D eigenvalue weighted by molar-refractivity contribution is -0.140. The molecule has 4 aliphatic rings. The van der Waals surface area contributed by atoms with Gasteiger partial charge in [0.15, 0.2) is 0 Å². The van der Waals surface area contributed by atoms with E-state index in [1.165, 1.54) is 32.4 Å². The molecule has 0 aromatic heterocycles. The van der Waals surface area contributed by atoms with E-state index in [4.69, 9.17) is 37.4 Å². The van der Waals surface area contributed by atoms with Gasteiger partial charge in [-0.2, -0.15) is 9.91 Å². The molecule has 3 aromatic carbocycles. The van der Waals surface area contributed by atoms with Gasteiger partial charge in [0.05, 0.1) is 55.2 Å². The third-order valence-corrected chi connectivity index (χ3v) is 11.0. The zero-order valence-corrected chi connectivity index (χ0v) is 28.5. The van der Waals surface area contributed by atoms with Crippen LogP contribution in [0.15, 0.2) is 72.3 Å². The van der Waals surface area contributed by atoms with Crippen LogP contribution in [0.3, 0.4) is 0 Å². The number of likely N-dealkylation sites (tertiary alicyclic amines) is 1. The molecule has 2 aliphatic carbocycles. The van der Waals surface area contributed by atoms with E-state index < -0.39 is 64.7 Å². The van der Waals surface area contributed by atoms with Gasteiger partial charge in [-0.05, 0) is 60.7 Å². The first-order chi connectivity index (χ1) is 24.0. The third-order valence-electron chi connectivity index (χ3n) is 10.5. The smallest absolute Gasteiger partial charge is 0.423 e. The summed E-state index contributed by atoms with van der Waals surface area (Å²) in [7, 11) is 4.02. The number of methoxy groups -OCH3 is 3. The number of nitrogens with one attached hydrogen (secondary N) is 1. The van der Waals surface area contributed by atoms with Crippen molar-refractivity contribution in [1.29, 1.82) is 0 Å². The Balaban J connectivity index is 1.48. The molecule has 2 aliphatic heterocycles. The molecule has 5 amide bonds. The maximum Gasteiger partial charge on any atom is 0.423 e. The summed E-state index contributed by atoms with van der Waals surface area (Å²) in [4.78, 5) is 70.7. The van der Waals surface area contributed by atoms with Crippen molar-refractivity contribution < 1.29 is 43.3 Å². The van der Waals surface area contributed by atoms with Crippen LogP contribution in [-0.2, 0) is 29.3 Å². The molecule has 14 heteroatoms. The van der Waals surface area contributed by atoms with Crippen LogP contribution in [-0.4, -0.2) is 66.1 Å². The van der Waals surface area contributed by atoms with E-state index in [0.717, 1.165) is 12.1 Å². The van der Waals surface area contributed by atoms with E-state index in [9.17, 15) is 24.3 Å². The lowest BCUT2D eigenvalue weighted by Crippen LogP contribution is -2.53. The molecule has 2 N–H and O–H groups in total. The molecule has 7 rings (SSSR count). The summed E-state index contributed by atoms with van der Waals surface area (Å²) in [5, 5.41) is 11.9. The number of nitrogens with zero attached hydrogens (tertiary/aromatic N) is 2. The van der Waals surface area contributed by atoms with E-state index in [0.29, 0.717) is 32.4 Å². The summed E-state index contributed by atoms with van der Waals surface area (Å²) in [6, 6.07) is 15.9. The van der Waals surface area contributed by atoms with Crippen molar-refractivity contribution in [3.05, 3.63) is 93.5 Å². The highest BCUT2D eigenvalue weighted by atomic mass is 35.5. The molecule has 0 bridgehead atoms. The van der Waals surface area contributed by atoms with Crippen LogP contribution in [0, 0.1) is 23.7 Å². The largest absolute Gasteiger partial charge is 0.508 e. The molecule has 50 heavy (non-hydrogen) atoms. The number of fused-ring (bicyclic) bond motifs is 4. The molecule has 0 radical (unpaired) electrons. The van der Waals surface area contributed by atoms with Gasteiger partial charge >= 0.3 is 6.09 Å². The zero-order chi connectivity index (χ0) is 35.6. The Bertz CT molecular complexity index is 2000. The number of carbonyl (C=O) groups is 5. The summed E-state index contributed by atoms with van der Waals surface area (Å²) in [6.45, 7) is 0. The van der Waals surface area contributed by atoms with Gasteiger partial charge in [0.25, 0.3) is 11.8 Å². The van der Waals surface area contributed by atoms with Crippen LogP contribution in [0.5, 0.6) is 17.2 Å². The molecule has 1 saturated carbocycles. The van der Waals surface area contributed by atoms with Gasteiger partial charge in [0.2, 0.25) is 11.8 Å². The van der Waals surface area contributed by atoms with E-state index >= 15 is 4.79 Å². The van der Waals surface area contributed by atoms with Gasteiger partial charge in [-0.1, -0.05) is 53.1 Å². The summed E-state index contributed by atoms with van der Waals surface area (Å²) in [5.41, 5.74) is 3.13. The van der Waals surface area contributed by atoms with Crippen LogP contribution in [0.25, 0.3) is 0 Å². The van der Waals surface area contributed by atoms with Crippen molar-refractivity contribution in [3.8, 4) is 17.2 Å². The monoisotopic (exact) mass is 719 g/mol. The number of aromatic hydroxyl groups is 1. The van der Waals surface area contributed by atoms with Crippen LogP contribution in [0.1, 0.15) is 29.9 Å². The zero-order valence-electron chi connectivity index (χ0n) is 27.0. The first kappa shape index (κ1) is 33.4. The Morgan fingerprint density at radius 2 is 1.64 bits per heavy atom. The lowest BCUT2D eigenvalue weighted by atomic mass is 9.49. The first-order valence-corrected chi connectivity index (χ1v) is 16.5. The SMILES string of the molecule is COC(=O)N1C(=O)C2CC=C3C(CC4C(=O)N(Nc5ccc(Cl)cc5Cl)C(=O)C4(c4ccc(OC)cc4)C3c3ccc(O)cc3OC)C2C1=O. The van der Waals surface area contributed by atoms with Crippen molar-refractivity contribution in [2.45, 2.75) is 24.2 Å². The Labute approximate surface area is 296 Å². The van der Waals surface area contributed by atoms with Gasteiger partial charge in [-0.25, -0.2) is 4.79 Å². The second-order valence-corrected chi connectivity index (χ2v) is 13.5. The third kappa shape index (κ3) is 4.76. The van der Waals surface area contributed by atoms with Crippen molar-refractivity contribution >= 4 is 58.6 Å². The van der Waals surface area contributed by atoms with Crippen molar-refractivity contribution in [2.24, 2.45) is 23.7 Å². The molecule has 6 atom stereocenters. The molecule has 258 valence electrons. The number of hydrogen-bond acceptors (Lipinski definition) is 10. The quantitative estimate of drug-likeness (QED) is 0.248. The molecule has 3 fully saturated rings. The number of phenolic OH excluding ortho intramolecular Hbond substituents is 1. The molecule has 2 saturated heterocycles. The number of hydrazine groups is 1. The fraction of sp³-hybridized carbons (Fsp3) is 0.306. The highest BCUT2D eigenvalue weighted by Crippen LogP contribution is 2.65. The van der Waals surface area contributed by atoms with E-state index in [2.05, 4.69) is 5.43 Å². The average Bonchev–Trinajstić information content (AvgIpc) is 3.49. The number of rotatable bonds is 6. The predicted molar refractivity (Wildman–Crippen MR) is 180 cm³/mol. The van der Waals surface area contributed by atoms with Crippen LogP contribution >= 0.6 is 23.2 Å². The maximum atomic E-state index is 15.3. The summed E-state index contributed by atoms with van der Waals surface area (Å²) in [6.07, 6.45) is 0.832. The first-order valence-electron chi connectivity index (χ1n) is 15.7. The second-order valence-electron chi connectivity index (χ2n) is 12.6. The molecule has 2 heterocycles. The molecule has 3 aromatic rings. The minimum atomic E-state index is -1.64. The van der Waals surface area contributed by atoms with Crippen molar-refractivity contribution in [2.75, 3.05) is 26.8 Å². The second kappa shape index (κ2) is 12.4. The number of imide groups is 4. The Kier molecular flexibility index (Phi) is 8.26. The average molecular weight is 721 g/mol. The minimum absolute atomic E-state index is 0.0128. The Morgan fingerprint density at radius 1 is 0.900 bits per heavy atom. The van der Waals surface area contributed by atoms with E-state index in [1.807, 2.05) is 6.08 Å². The Hall–Kier alpha value is -5.07. The number of hydrogen-bond donors (Lipinski definition) is 2. The standard InChI is InChI=1S/C36H31Cl2N3O9/c1-48-20-8-4-17(5-9-20)36-25(32(44)41(34(36)46)39-27-13-6-18(37)14-26(27)38)16-24-21(30(36)22-10-7-19(42)15-28(22)49-2)11-12-23-29(24)33(45)40(31(23)43)35(47)50-3/h4-11,13-15,23-25,29-30,39,42H,12,16H2,1-3H3. The number of benzene rings is 3. The van der Waals surface area contributed by atoms with Crippen LogP contribution < -0.4 is 14.9 Å². The summed E-state index contributed by atoms with van der Waals surface area (Å²) in [5.74, 6) is -6.60. The normalized spacial score (nSPS) is 27.0. The number of carbonyl (C=O) groups excluding carboxylic acids is 5. The number of ether oxygens (including phenoxy) is 3. The van der Waals surface area contributed by atoms with E-state index in [-0.39, 0.29) is 35.1 Å². The topological polar surface area (TPSA) is 152 Å². The summed E-state index contributed by atoms with van der Waals surface area (Å²) < 4.78 is 16.0. The number of anilines is 1. The number of phenols is 1. The van der Waals surface area contributed by atoms with Gasteiger partial charge in [-0.3, -0.25) is 24.6 Å². The molecule has 6 unspecified atom stereocenters. The highest BCUT2D eigenvalue weighted by Gasteiger charge is 2.71. The van der Waals surface area contributed by atoms with E-state index in [1.54, 1.807) is 42.5 Å². The maximum absolute atomic E-state index is 15.3. The fourth-order valence-corrected chi connectivity index (χ4v) is 8.85. The van der Waals surface area contributed by atoms with Gasteiger partial charge in [0, 0.05) is 22.6 Å². The number of allylic oxidation sites excluding steroid dienone is 2. The van der Waals surface area contributed by atoms with Crippen molar-refractivity contribution in [3.63, 3.8) is 0 Å². The number of amides is 5. The van der Waals surface area contributed by atoms with Gasteiger partial charge in [0.1, 0.15) is 17.2 Å². The molecular formula is C36H31Cl2N3O9.